The first-order chi connectivity index (χ1) is 16.6. The lowest BCUT2D eigenvalue weighted by atomic mass is 9.95. The third-order valence-electron chi connectivity index (χ3n) is 5.91. The lowest BCUT2D eigenvalue weighted by Gasteiger charge is -2.12. The predicted molar refractivity (Wildman–Crippen MR) is 135 cm³/mol. The zero-order valence-electron chi connectivity index (χ0n) is 19.1. The number of hydrogen-bond donors (Lipinski definition) is 1. The Labute approximate surface area is 205 Å². The minimum Gasteiger partial charge on any atom is -0.462 e. The van der Waals surface area contributed by atoms with Gasteiger partial charge in [-0.05, 0) is 51.2 Å². The Morgan fingerprint density at radius 2 is 2.00 bits per heavy atom. The number of thioether (sulfide) groups is 1. The van der Waals surface area contributed by atoms with Crippen LogP contribution < -0.4 is 5.32 Å². The molecule has 0 bridgehead atoms. The summed E-state index contributed by atoms with van der Waals surface area (Å²) in [7, 11) is 0. The highest BCUT2D eigenvalue weighted by atomic mass is 32.2. The van der Waals surface area contributed by atoms with Crippen LogP contribution in [0.4, 0.5) is 5.00 Å². The summed E-state index contributed by atoms with van der Waals surface area (Å²) in [5.41, 5.74) is 4.14. The van der Waals surface area contributed by atoms with Crippen molar-refractivity contribution in [1.29, 1.82) is 0 Å². The second-order valence-corrected chi connectivity index (χ2v) is 10.0. The zero-order valence-corrected chi connectivity index (χ0v) is 20.7. The lowest BCUT2D eigenvalue weighted by Crippen LogP contribution is -2.17. The van der Waals surface area contributed by atoms with Crippen LogP contribution in [-0.2, 0) is 28.9 Å². The molecule has 8 nitrogen and oxygen atoms in total. The second kappa shape index (κ2) is 9.71. The van der Waals surface area contributed by atoms with Gasteiger partial charge in [0.15, 0.2) is 5.65 Å². The van der Waals surface area contributed by atoms with E-state index in [0.717, 1.165) is 59.9 Å². The van der Waals surface area contributed by atoms with E-state index in [2.05, 4.69) is 32.0 Å². The number of anilines is 1. The van der Waals surface area contributed by atoms with Crippen molar-refractivity contribution in [2.24, 2.45) is 0 Å². The van der Waals surface area contributed by atoms with Gasteiger partial charge in [0.25, 0.3) is 0 Å². The summed E-state index contributed by atoms with van der Waals surface area (Å²) in [4.78, 5) is 31.3. The third kappa shape index (κ3) is 4.16. The maximum Gasteiger partial charge on any atom is 0.341 e. The molecule has 0 saturated heterocycles. The largest absolute Gasteiger partial charge is 0.462 e. The summed E-state index contributed by atoms with van der Waals surface area (Å²) in [6, 6.07) is 8.03. The fourth-order valence-electron chi connectivity index (χ4n) is 4.44. The number of aryl methyl sites for hydroxylation is 2. The van der Waals surface area contributed by atoms with Gasteiger partial charge >= 0.3 is 5.97 Å². The maximum atomic E-state index is 12.8. The van der Waals surface area contributed by atoms with E-state index >= 15 is 0 Å². The summed E-state index contributed by atoms with van der Waals surface area (Å²) >= 11 is 2.72. The zero-order chi connectivity index (χ0) is 23.7. The molecule has 0 saturated carbocycles. The maximum absolute atomic E-state index is 12.8. The Balaban J connectivity index is 1.35. The van der Waals surface area contributed by atoms with Crippen LogP contribution in [0.1, 0.15) is 47.5 Å². The van der Waals surface area contributed by atoms with Crippen molar-refractivity contribution in [3.8, 4) is 0 Å². The summed E-state index contributed by atoms with van der Waals surface area (Å²) in [5, 5.41) is 13.6. The van der Waals surface area contributed by atoms with Gasteiger partial charge in [-0.3, -0.25) is 4.79 Å². The fraction of sp³-hybridized carbons (Fsp3) is 0.375. The number of rotatable bonds is 7. The highest BCUT2D eigenvalue weighted by Gasteiger charge is 2.27. The highest BCUT2D eigenvalue weighted by Crippen LogP contribution is 2.38. The normalized spacial score (nSPS) is 13.2. The van der Waals surface area contributed by atoms with E-state index in [-0.39, 0.29) is 17.6 Å². The Bertz CT molecular complexity index is 1390. The number of para-hydroxylation sites is 1. The van der Waals surface area contributed by atoms with Crippen LogP contribution in [0.3, 0.4) is 0 Å². The van der Waals surface area contributed by atoms with Gasteiger partial charge in [0, 0.05) is 16.8 Å². The number of nitrogens with zero attached hydrogens (tertiary/aromatic N) is 4. The number of esters is 1. The molecule has 4 aromatic rings. The third-order valence-corrected chi connectivity index (χ3v) is 7.95. The molecule has 1 aliphatic rings. The molecule has 1 aromatic carbocycles. The molecule has 1 aliphatic carbocycles. The Hall–Kier alpha value is -2.98. The monoisotopic (exact) mass is 495 g/mol. The molecule has 0 spiro atoms. The first kappa shape index (κ1) is 22.8. The number of ether oxygens (including phenoxy) is 1. The van der Waals surface area contributed by atoms with Crippen LogP contribution in [0, 0.1) is 0 Å². The van der Waals surface area contributed by atoms with E-state index in [1.54, 1.807) is 6.92 Å². The quantitative estimate of drug-likeness (QED) is 0.289. The van der Waals surface area contributed by atoms with Crippen molar-refractivity contribution in [3.63, 3.8) is 0 Å². The smallest absolute Gasteiger partial charge is 0.341 e. The van der Waals surface area contributed by atoms with Crippen molar-refractivity contribution in [3.05, 3.63) is 40.3 Å². The van der Waals surface area contributed by atoms with Crippen LogP contribution in [0.5, 0.6) is 0 Å². The molecule has 0 atom stereocenters. The molecule has 176 valence electrons. The van der Waals surface area contributed by atoms with Crippen molar-refractivity contribution < 1.29 is 14.3 Å². The highest BCUT2D eigenvalue weighted by molar-refractivity contribution is 7.99. The molecule has 3 aromatic heterocycles. The molecule has 3 heterocycles. The summed E-state index contributed by atoms with van der Waals surface area (Å²) in [5.74, 6) is -0.464. The van der Waals surface area contributed by atoms with Gasteiger partial charge in [0.2, 0.25) is 11.1 Å². The molecule has 5 rings (SSSR count). The Morgan fingerprint density at radius 3 is 2.82 bits per heavy atom. The average Bonchev–Trinajstić information content (AvgIpc) is 3.37. The number of aromatic nitrogens is 4. The van der Waals surface area contributed by atoms with E-state index in [4.69, 9.17) is 4.74 Å². The van der Waals surface area contributed by atoms with E-state index < -0.39 is 0 Å². The molecule has 0 fully saturated rings. The second-order valence-electron chi connectivity index (χ2n) is 8.00. The number of carbonyl (C=O) groups excluding carboxylic acids is 2. The summed E-state index contributed by atoms with van der Waals surface area (Å²) < 4.78 is 7.37. The van der Waals surface area contributed by atoms with Crippen molar-refractivity contribution >= 4 is 62.0 Å². The molecular formula is C24H25N5O3S2. The van der Waals surface area contributed by atoms with E-state index in [0.29, 0.717) is 22.3 Å². The average molecular weight is 496 g/mol. The Kier molecular flexibility index (Phi) is 6.51. The first-order valence-electron chi connectivity index (χ1n) is 11.5. The van der Waals surface area contributed by atoms with Gasteiger partial charge in [-0.15, -0.1) is 21.5 Å². The van der Waals surface area contributed by atoms with Crippen LogP contribution in [-0.4, -0.2) is 44.0 Å². The first-order valence-corrected chi connectivity index (χ1v) is 13.3. The standard InChI is InChI=1S/C24H25N5O3S2/c1-3-29-16-11-7-5-9-14(16)20-21(29)26-24(28-27-20)33-13-18(30)25-22-19(23(31)32-4-2)15-10-6-8-12-17(15)34-22/h5,7,9,11H,3-4,6,8,10,12-13H2,1-2H3,(H,25,30). The van der Waals surface area contributed by atoms with Crippen LogP contribution in [0.25, 0.3) is 22.1 Å². The number of nitrogens with one attached hydrogen (secondary N) is 1. The van der Waals surface area contributed by atoms with Crippen molar-refractivity contribution in [1.82, 2.24) is 19.7 Å². The molecule has 10 heteroatoms. The van der Waals surface area contributed by atoms with Gasteiger partial charge in [-0.2, -0.15) is 0 Å². The lowest BCUT2D eigenvalue weighted by molar-refractivity contribution is -0.113. The fourth-order valence-corrected chi connectivity index (χ4v) is 6.31. The number of benzene rings is 1. The van der Waals surface area contributed by atoms with Crippen LogP contribution >= 0.6 is 23.1 Å². The van der Waals surface area contributed by atoms with Gasteiger partial charge < -0.3 is 14.6 Å². The number of amides is 1. The van der Waals surface area contributed by atoms with Gasteiger partial charge in [-0.1, -0.05) is 30.0 Å². The Morgan fingerprint density at radius 1 is 1.18 bits per heavy atom. The van der Waals surface area contributed by atoms with E-state index in [1.807, 2.05) is 24.3 Å². The molecular weight excluding hydrogens is 470 g/mol. The summed E-state index contributed by atoms with van der Waals surface area (Å²) in [6.07, 6.45) is 3.92. The minimum atomic E-state index is -0.366. The molecule has 0 aliphatic heterocycles. The molecule has 0 radical (unpaired) electrons. The van der Waals surface area contributed by atoms with Gasteiger partial charge in [0.1, 0.15) is 10.5 Å². The number of thiophene rings is 1. The minimum absolute atomic E-state index is 0.115. The van der Waals surface area contributed by atoms with Crippen molar-refractivity contribution in [2.75, 3.05) is 17.7 Å². The molecule has 0 unspecified atom stereocenters. The SMILES string of the molecule is CCOC(=O)c1c(NC(=O)CSc2nnc3c4ccccc4n(CC)c3n2)sc2c1CCCC2. The molecule has 34 heavy (non-hydrogen) atoms. The van der Waals surface area contributed by atoms with Crippen LogP contribution in [0.15, 0.2) is 29.4 Å². The topological polar surface area (TPSA) is 99.0 Å². The molecule has 1 N–H and O–H groups in total. The van der Waals surface area contributed by atoms with Crippen LogP contribution in [0.2, 0.25) is 0 Å². The molecule has 1 amide bonds. The number of carbonyl (C=O) groups is 2. The number of fused-ring (bicyclic) bond motifs is 4. The van der Waals surface area contributed by atoms with Gasteiger partial charge in [-0.25, -0.2) is 9.78 Å². The van der Waals surface area contributed by atoms with Crippen molar-refractivity contribution in [2.45, 2.75) is 51.2 Å². The van der Waals surface area contributed by atoms with E-state index in [1.165, 1.54) is 28.0 Å². The van der Waals surface area contributed by atoms with E-state index in [9.17, 15) is 9.59 Å². The van der Waals surface area contributed by atoms with Gasteiger partial charge in [0.05, 0.1) is 23.4 Å². The predicted octanol–water partition coefficient (Wildman–Crippen LogP) is 4.85. The number of hydrogen-bond acceptors (Lipinski definition) is 8. The summed E-state index contributed by atoms with van der Waals surface area (Å²) in [6.45, 7) is 4.91.